The Kier molecular flexibility index (Phi) is 5.39. The molecule has 7 heteroatoms. The maximum Gasteiger partial charge on any atom is 0.419 e. The number of hydrogen-bond donors (Lipinski definition) is 2. The normalized spacial score (nSPS) is 14.4. The Balaban J connectivity index is 1.95. The van der Waals surface area contributed by atoms with Crippen molar-refractivity contribution in [2.45, 2.75) is 38.9 Å². The van der Waals surface area contributed by atoms with Gasteiger partial charge in [-0.05, 0) is 49.1 Å². The van der Waals surface area contributed by atoms with Crippen molar-refractivity contribution < 1.29 is 17.9 Å². The van der Waals surface area contributed by atoms with Crippen LogP contribution in [-0.4, -0.2) is 22.1 Å². The minimum absolute atomic E-state index is 0.00458. The van der Waals surface area contributed by atoms with Crippen LogP contribution in [-0.2, 0) is 6.18 Å². The van der Waals surface area contributed by atoms with Crippen molar-refractivity contribution in [1.82, 2.24) is 9.97 Å². The van der Waals surface area contributed by atoms with Crippen LogP contribution in [0.25, 0.3) is 22.2 Å². The number of nitrogens with one attached hydrogen (secondary N) is 1. The summed E-state index contributed by atoms with van der Waals surface area (Å²) in [6, 6.07) is 7.66. The fourth-order valence-corrected chi connectivity index (χ4v) is 3.47. The summed E-state index contributed by atoms with van der Waals surface area (Å²) in [5.41, 5.74) is 6.37. The number of nitrogens with zero attached hydrogens (tertiary/aromatic N) is 1. The molecule has 0 saturated carbocycles. The molecule has 150 valence electrons. The number of ether oxygens (including phenoxy) is 1. The molecule has 1 atom stereocenters. The van der Waals surface area contributed by atoms with Crippen LogP contribution in [0, 0.1) is 5.92 Å². The van der Waals surface area contributed by atoms with Crippen LogP contribution in [0.2, 0.25) is 0 Å². The lowest BCUT2D eigenvalue weighted by atomic mass is 9.93. The van der Waals surface area contributed by atoms with Crippen molar-refractivity contribution in [3.05, 3.63) is 48.3 Å². The highest BCUT2D eigenvalue weighted by Crippen LogP contribution is 2.40. The number of halogens is 3. The number of fused-ring (bicyclic) bond motifs is 1. The fourth-order valence-electron chi connectivity index (χ4n) is 3.47. The number of aromatic amines is 1. The number of alkyl halides is 3. The largest absolute Gasteiger partial charge is 0.491 e. The predicted molar refractivity (Wildman–Crippen MR) is 104 cm³/mol. The van der Waals surface area contributed by atoms with Gasteiger partial charge in [0.05, 0.1) is 5.56 Å². The number of pyridine rings is 1. The van der Waals surface area contributed by atoms with Crippen LogP contribution in [0.3, 0.4) is 0 Å². The molecule has 2 aromatic heterocycles. The summed E-state index contributed by atoms with van der Waals surface area (Å²) in [6.07, 6.45) is -0.609. The van der Waals surface area contributed by atoms with Gasteiger partial charge in [-0.15, -0.1) is 0 Å². The first-order valence-electron chi connectivity index (χ1n) is 9.12. The van der Waals surface area contributed by atoms with Crippen molar-refractivity contribution in [3.8, 4) is 16.9 Å². The number of aromatic nitrogens is 2. The molecule has 0 fully saturated rings. The molecule has 28 heavy (non-hydrogen) atoms. The zero-order valence-corrected chi connectivity index (χ0v) is 16.1. The van der Waals surface area contributed by atoms with Crippen LogP contribution in [0.5, 0.6) is 5.75 Å². The molecule has 0 spiro atoms. The summed E-state index contributed by atoms with van der Waals surface area (Å²) >= 11 is 0. The van der Waals surface area contributed by atoms with Crippen LogP contribution in [0.15, 0.2) is 42.7 Å². The van der Waals surface area contributed by atoms with Crippen molar-refractivity contribution in [3.63, 3.8) is 0 Å². The van der Waals surface area contributed by atoms with Crippen molar-refractivity contribution >= 4 is 11.0 Å². The summed E-state index contributed by atoms with van der Waals surface area (Å²) in [4.78, 5) is 7.16. The first-order valence-corrected chi connectivity index (χ1v) is 9.12. The Hall–Kier alpha value is -2.54. The van der Waals surface area contributed by atoms with Gasteiger partial charge < -0.3 is 15.5 Å². The minimum Gasteiger partial charge on any atom is -0.491 e. The number of benzene rings is 1. The molecule has 0 aliphatic rings. The first kappa shape index (κ1) is 20.2. The van der Waals surface area contributed by atoms with E-state index in [4.69, 9.17) is 10.5 Å². The van der Waals surface area contributed by atoms with Crippen LogP contribution >= 0.6 is 0 Å². The smallest absolute Gasteiger partial charge is 0.419 e. The Morgan fingerprint density at radius 3 is 2.64 bits per heavy atom. The van der Waals surface area contributed by atoms with Gasteiger partial charge in [0.2, 0.25) is 0 Å². The molecule has 0 aliphatic carbocycles. The van der Waals surface area contributed by atoms with E-state index in [9.17, 15) is 13.2 Å². The summed E-state index contributed by atoms with van der Waals surface area (Å²) in [6.45, 7) is 5.81. The molecule has 0 radical (unpaired) electrons. The second-order valence-corrected chi connectivity index (χ2v) is 7.85. The average Bonchev–Trinajstić information content (AvgIpc) is 3.02. The average molecular weight is 391 g/mol. The second-order valence-electron chi connectivity index (χ2n) is 7.85. The lowest BCUT2D eigenvalue weighted by Crippen LogP contribution is -2.43. The molecule has 0 aliphatic heterocycles. The second kappa shape index (κ2) is 7.47. The van der Waals surface area contributed by atoms with Gasteiger partial charge in [0.25, 0.3) is 0 Å². The van der Waals surface area contributed by atoms with Gasteiger partial charge in [0.1, 0.15) is 18.0 Å². The predicted octanol–water partition coefficient (Wildman–Crippen LogP) is 5.39. The molecule has 3 aromatic rings. The van der Waals surface area contributed by atoms with Gasteiger partial charge in [0.15, 0.2) is 0 Å². The Morgan fingerprint density at radius 2 is 1.96 bits per heavy atom. The summed E-state index contributed by atoms with van der Waals surface area (Å²) < 4.78 is 46.6. The third kappa shape index (κ3) is 4.47. The van der Waals surface area contributed by atoms with Gasteiger partial charge in [-0.2, -0.15) is 13.2 Å². The molecule has 0 unspecified atom stereocenters. The van der Waals surface area contributed by atoms with E-state index in [0.717, 1.165) is 11.5 Å². The zero-order chi connectivity index (χ0) is 20.5. The molecule has 0 bridgehead atoms. The van der Waals surface area contributed by atoms with E-state index in [-0.39, 0.29) is 12.4 Å². The van der Waals surface area contributed by atoms with E-state index in [1.807, 2.05) is 19.9 Å². The van der Waals surface area contributed by atoms with Crippen LogP contribution in [0.1, 0.15) is 32.8 Å². The number of nitrogens with two attached hydrogens (primary N) is 1. The van der Waals surface area contributed by atoms with Gasteiger partial charge >= 0.3 is 6.18 Å². The quantitative estimate of drug-likeness (QED) is 0.592. The summed E-state index contributed by atoms with van der Waals surface area (Å²) in [5, 5.41) is 0.760. The molecular formula is C21H24F3N3O. The van der Waals surface area contributed by atoms with Crippen LogP contribution < -0.4 is 10.5 Å². The molecule has 4 nitrogen and oxygen atoms in total. The number of hydrogen-bond acceptors (Lipinski definition) is 3. The minimum atomic E-state index is -4.54. The molecule has 0 amide bonds. The van der Waals surface area contributed by atoms with Gasteiger partial charge in [-0.25, -0.2) is 4.98 Å². The lowest BCUT2D eigenvalue weighted by molar-refractivity contribution is -0.139. The number of H-pyrrole nitrogens is 1. The van der Waals surface area contributed by atoms with E-state index < -0.39 is 17.3 Å². The standard InChI is InChI=1S/C21H24F3N3O/c1-13(2)10-20(3,25)12-28-18-7-6-14(9-17(18)21(22,23)24)16-11-27-19-15(16)5-4-8-26-19/h4-9,11,13H,10,12,25H2,1-3H3,(H,26,27)/t20-/m0/s1. The fraction of sp³-hybridized carbons (Fsp3) is 0.381. The first-order chi connectivity index (χ1) is 13.1. The van der Waals surface area contributed by atoms with E-state index in [0.29, 0.717) is 29.1 Å². The SMILES string of the molecule is CC(C)C[C@](C)(N)COc1ccc(-c2c[nH]c3ncccc23)cc1C(F)(F)F. The van der Waals surface area contributed by atoms with Gasteiger partial charge in [0, 0.05) is 28.9 Å². The van der Waals surface area contributed by atoms with Crippen molar-refractivity contribution in [2.75, 3.05) is 6.61 Å². The molecule has 3 N–H and O–H groups in total. The van der Waals surface area contributed by atoms with Gasteiger partial charge in [-0.3, -0.25) is 0 Å². The highest BCUT2D eigenvalue weighted by molar-refractivity contribution is 5.93. The van der Waals surface area contributed by atoms with Gasteiger partial charge in [-0.1, -0.05) is 19.9 Å². The molecular weight excluding hydrogens is 367 g/mol. The molecule has 2 heterocycles. The highest BCUT2D eigenvalue weighted by Gasteiger charge is 2.35. The third-order valence-electron chi connectivity index (χ3n) is 4.48. The van der Waals surface area contributed by atoms with E-state index in [1.54, 1.807) is 31.5 Å². The third-order valence-corrected chi connectivity index (χ3v) is 4.48. The maximum atomic E-state index is 13.7. The highest BCUT2D eigenvalue weighted by atomic mass is 19.4. The molecule has 3 rings (SSSR count). The van der Waals surface area contributed by atoms with Crippen LogP contribution in [0.4, 0.5) is 13.2 Å². The van der Waals surface area contributed by atoms with E-state index in [2.05, 4.69) is 9.97 Å². The number of rotatable bonds is 6. The lowest BCUT2D eigenvalue weighted by Gasteiger charge is -2.27. The zero-order valence-electron chi connectivity index (χ0n) is 16.1. The Morgan fingerprint density at radius 1 is 1.21 bits per heavy atom. The molecule has 1 aromatic carbocycles. The Labute approximate surface area is 161 Å². The monoisotopic (exact) mass is 391 g/mol. The molecule has 0 saturated heterocycles. The topological polar surface area (TPSA) is 63.9 Å². The van der Waals surface area contributed by atoms with Crippen molar-refractivity contribution in [1.29, 1.82) is 0 Å². The van der Waals surface area contributed by atoms with E-state index in [1.165, 1.54) is 6.07 Å². The van der Waals surface area contributed by atoms with Crippen molar-refractivity contribution in [2.24, 2.45) is 11.7 Å². The Bertz CT molecular complexity index is 961. The maximum absolute atomic E-state index is 13.7. The summed E-state index contributed by atoms with van der Waals surface area (Å²) in [7, 11) is 0. The van der Waals surface area contributed by atoms with E-state index >= 15 is 0 Å². The summed E-state index contributed by atoms with van der Waals surface area (Å²) in [5.74, 6) is 0.105.